The monoisotopic (exact) mass is 774 g/mol. The molecule has 1 aliphatic carbocycles. The average Bonchev–Trinajstić information content (AvgIpc) is 3.54. The van der Waals surface area contributed by atoms with E-state index >= 15 is 0 Å². The van der Waals surface area contributed by atoms with Gasteiger partial charge in [0.1, 0.15) is 0 Å². The van der Waals surface area contributed by atoms with E-state index in [2.05, 4.69) is 232 Å². The van der Waals surface area contributed by atoms with Gasteiger partial charge in [0.15, 0.2) is 0 Å². The summed E-state index contributed by atoms with van der Waals surface area (Å²) >= 11 is 0. The molecule has 0 saturated carbocycles. The quantitative estimate of drug-likeness (QED) is 0.121. The number of fused-ring (bicyclic) bond motifs is 8. The Hall–Kier alpha value is -7.54. The highest BCUT2D eigenvalue weighted by atomic mass is 14.4. The highest BCUT2D eigenvalue weighted by Gasteiger charge is 2.36. The lowest BCUT2D eigenvalue weighted by atomic mass is 9.80. The zero-order valence-corrected chi connectivity index (χ0v) is 34.3. The summed E-state index contributed by atoms with van der Waals surface area (Å²) in [6, 6.07) is 81.4. The fourth-order valence-corrected chi connectivity index (χ4v) is 10.4. The number of benzene rings is 11. The van der Waals surface area contributed by atoms with E-state index in [0.717, 1.165) is 0 Å². The fourth-order valence-electron chi connectivity index (χ4n) is 10.4. The van der Waals surface area contributed by atoms with Crippen molar-refractivity contribution < 1.29 is 0 Å². The highest BCUT2D eigenvalue weighted by Crippen LogP contribution is 2.52. The van der Waals surface area contributed by atoms with Crippen LogP contribution in [0.25, 0.3) is 110 Å². The SMILES string of the molecule is CC1(C)c2cc(-c3cc(-c4ccccc4)cc(-c4c5ccccc5c(-c5ccccc5-c5ccccc5)c5ccc6ccccc6c45)c3)ccc2-c2cc3ccccc3cc21. The summed E-state index contributed by atoms with van der Waals surface area (Å²) in [5.41, 5.74) is 17.6. The molecule has 0 N–H and O–H groups in total. The molecule has 12 rings (SSSR count). The molecule has 0 fully saturated rings. The molecular formula is C61H42. The molecular weight excluding hydrogens is 733 g/mol. The first kappa shape index (κ1) is 35.4. The van der Waals surface area contributed by atoms with E-state index in [9.17, 15) is 0 Å². The van der Waals surface area contributed by atoms with Crippen LogP contribution in [-0.4, -0.2) is 0 Å². The minimum absolute atomic E-state index is 0.137. The topological polar surface area (TPSA) is 0 Å². The summed E-state index contributed by atoms with van der Waals surface area (Å²) in [6.07, 6.45) is 0. The number of hydrogen-bond donors (Lipinski definition) is 0. The summed E-state index contributed by atoms with van der Waals surface area (Å²) in [4.78, 5) is 0. The minimum Gasteiger partial charge on any atom is -0.0622 e. The lowest BCUT2D eigenvalue weighted by molar-refractivity contribution is 0.661. The van der Waals surface area contributed by atoms with Crippen LogP contribution in [0.3, 0.4) is 0 Å². The summed E-state index contributed by atoms with van der Waals surface area (Å²) < 4.78 is 0. The maximum absolute atomic E-state index is 2.48. The maximum Gasteiger partial charge on any atom is 0.0159 e. The van der Waals surface area contributed by atoms with E-state index in [1.807, 2.05) is 0 Å². The van der Waals surface area contributed by atoms with E-state index in [-0.39, 0.29) is 5.41 Å². The van der Waals surface area contributed by atoms with Crippen LogP contribution in [0.1, 0.15) is 25.0 Å². The van der Waals surface area contributed by atoms with Crippen molar-refractivity contribution >= 4 is 43.1 Å². The molecule has 0 spiro atoms. The van der Waals surface area contributed by atoms with E-state index in [0.29, 0.717) is 0 Å². The third-order valence-corrected chi connectivity index (χ3v) is 13.4. The van der Waals surface area contributed by atoms with Crippen molar-refractivity contribution in [2.45, 2.75) is 19.3 Å². The molecule has 0 bridgehead atoms. The Labute approximate surface area is 357 Å². The summed E-state index contributed by atoms with van der Waals surface area (Å²) in [5, 5.41) is 10.1. The molecule has 11 aromatic rings. The van der Waals surface area contributed by atoms with Crippen molar-refractivity contribution in [1.29, 1.82) is 0 Å². The van der Waals surface area contributed by atoms with Crippen LogP contribution in [0, 0.1) is 0 Å². The Morgan fingerprint density at radius 1 is 0.262 bits per heavy atom. The lowest BCUT2D eigenvalue weighted by Gasteiger charge is -2.23. The molecule has 0 amide bonds. The largest absolute Gasteiger partial charge is 0.0622 e. The van der Waals surface area contributed by atoms with Crippen LogP contribution >= 0.6 is 0 Å². The molecule has 0 radical (unpaired) electrons. The first-order valence-corrected chi connectivity index (χ1v) is 21.4. The van der Waals surface area contributed by atoms with Gasteiger partial charge >= 0.3 is 0 Å². The Morgan fingerprint density at radius 2 is 0.803 bits per heavy atom. The van der Waals surface area contributed by atoms with Gasteiger partial charge in [-0.2, -0.15) is 0 Å². The second kappa shape index (κ2) is 13.8. The van der Waals surface area contributed by atoms with E-state index in [1.54, 1.807) is 0 Å². The smallest absolute Gasteiger partial charge is 0.0159 e. The van der Waals surface area contributed by atoms with Gasteiger partial charge in [-0.3, -0.25) is 0 Å². The zero-order valence-electron chi connectivity index (χ0n) is 34.3. The Morgan fingerprint density at radius 3 is 1.54 bits per heavy atom. The summed E-state index contributed by atoms with van der Waals surface area (Å²) in [5.74, 6) is 0. The molecule has 0 heterocycles. The van der Waals surface area contributed by atoms with Gasteiger partial charge in [-0.05, 0) is 157 Å². The molecule has 0 heteroatoms. The highest BCUT2D eigenvalue weighted by molar-refractivity contribution is 6.28. The molecule has 0 saturated heterocycles. The predicted octanol–water partition coefficient (Wildman–Crippen LogP) is 16.9. The van der Waals surface area contributed by atoms with Gasteiger partial charge in [0.25, 0.3) is 0 Å². The molecule has 0 unspecified atom stereocenters. The standard InChI is InChI=1S/C61H42/c1-61(2)56-38-44(30-31-50(56)55-36-42-22-9-10-23-43(42)37-57(55)61)46-33-45(39-17-5-3-6-18-39)34-47(35-46)58-52-27-15-16-28-53(52)59(54-32-29-41-21-11-12-25-49(41)60(54)58)51-26-14-13-24-48(51)40-19-7-4-8-20-40/h3-38H,1-2H3. The van der Waals surface area contributed by atoms with E-state index < -0.39 is 0 Å². The van der Waals surface area contributed by atoms with Crippen LogP contribution in [0.2, 0.25) is 0 Å². The van der Waals surface area contributed by atoms with Crippen LogP contribution in [0.4, 0.5) is 0 Å². The summed E-state index contributed by atoms with van der Waals surface area (Å²) in [6.45, 7) is 4.78. The van der Waals surface area contributed by atoms with Gasteiger partial charge in [0.05, 0.1) is 0 Å². The van der Waals surface area contributed by atoms with Crippen molar-refractivity contribution in [3.63, 3.8) is 0 Å². The van der Waals surface area contributed by atoms with Gasteiger partial charge in [0.2, 0.25) is 0 Å². The van der Waals surface area contributed by atoms with Crippen molar-refractivity contribution in [1.82, 2.24) is 0 Å². The van der Waals surface area contributed by atoms with Crippen LogP contribution < -0.4 is 0 Å². The lowest BCUT2D eigenvalue weighted by Crippen LogP contribution is -2.15. The predicted molar refractivity (Wildman–Crippen MR) is 261 cm³/mol. The molecule has 1 aliphatic rings. The van der Waals surface area contributed by atoms with Crippen molar-refractivity contribution in [2.75, 3.05) is 0 Å². The Kier molecular flexibility index (Phi) is 7.99. The van der Waals surface area contributed by atoms with Crippen molar-refractivity contribution in [2.24, 2.45) is 0 Å². The van der Waals surface area contributed by atoms with Gasteiger partial charge in [-0.1, -0.05) is 196 Å². The van der Waals surface area contributed by atoms with Gasteiger partial charge in [0, 0.05) is 5.41 Å². The van der Waals surface area contributed by atoms with Crippen LogP contribution in [0.5, 0.6) is 0 Å². The molecule has 61 heavy (non-hydrogen) atoms. The van der Waals surface area contributed by atoms with Gasteiger partial charge in [-0.15, -0.1) is 0 Å². The number of rotatable bonds is 5. The average molecular weight is 775 g/mol. The van der Waals surface area contributed by atoms with Crippen molar-refractivity contribution in [3.8, 4) is 66.8 Å². The molecule has 0 aromatic heterocycles. The molecule has 0 nitrogen and oxygen atoms in total. The minimum atomic E-state index is -0.137. The first-order chi connectivity index (χ1) is 30.0. The van der Waals surface area contributed by atoms with Gasteiger partial charge < -0.3 is 0 Å². The normalized spacial score (nSPS) is 12.9. The molecule has 0 aliphatic heterocycles. The van der Waals surface area contributed by atoms with E-state index in [1.165, 1.54) is 121 Å². The second-order valence-corrected chi connectivity index (χ2v) is 17.2. The fraction of sp³-hybridized carbons (Fsp3) is 0.0492. The third kappa shape index (κ3) is 5.60. The molecule has 286 valence electrons. The third-order valence-electron chi connectivity index (χ3n) is 13.4. The van der Waals surface area contributed by atoms with Crippen molar-refractivity contribution in [3.05, 3.63) is 230 Å². The second-order valence-electron chi connectivity index (χ2n) is 17.2. The van der Waals surface area contributed by atoms with Crippen LogP contribution in [-0.2, 0) is 5.41 Å². The Bertz CT molecular complexity index is 3530. The summed E-state index contributed by atoms with van der Waals surface area (Å²) in [7, 11) is 0. The maximum atomic E-state index is 2.48. The first-order valence-electron chi connectivity index (χ1n) is 21.4. The van der Waals surface area contributed by atoms with Crippen LogP contribution in [0.15, 0.2) is 218 Å². The molecule has 0 atom stereocenters. The molecule has 11 aromatic carbocycles. The van der Waals surface area contributed by atoms with E-state index in [4.69, 9.17) is 0 Å². The van der Waals surface area contributed by atoms with Gasteiger partial charge in [-0.25, -0.2) is 0 Å². The Balaban J connectivity index is 1.15. The zero-order chi connectivity index (χ0) is 40.7. The number of hydrogen-bond acceptors (Lipinski definition) is 0.